The van der Waals surface area contributed by atoms with Crippen molar-refractivity contribution in [1.82, 2.24) is 29.9 Å². The van der Waals surface area contributed by atoms with Gasteiger partial charge < -0.3 is 5.32 Å². The molecule has 1 N–H and O–H groups in total. The molecule has 0 unspecified atom stereocenters. The van der Waals surface area contributed by atoms with Crippen LogP contribution < -0.4 is 5.32 Å². The number of rotatable bonds is 4. The van der Waals surface area contributed by atoms with Crippen LogP contribution in [0.25, 0.3) is 0 Å². The summed E-state index contributed by atoms with van der Waals surface area (Å²) in [4.78, 5) is 16.5. The van der Waals surface area contributed by atoms with Gasteiger partial charge in [-0.1, -0.05) is 11.6 Å². The van der Waals surface area contributed by atoms with Gasteiger partial charge in [-0.25, -0.2) is 9.67 Å². The zero-order valence-corrected chi connectivity index (χ0v) is 12.6. The van der Waals surface area contributed by atoms with E-state index in [2.05, 4.69) is 20.5 Å². The average Bonchev–Trinajstić information content (AvgIpc) is 2.95. The maximum atomic E-state index is 12.3. The monoisotopic (exact) mass is 296 g/mol. The van der Waals surface area contributed by atoms with E-state index in [4.69, 9.17) is 11.6 Å². The van der Waals surface area contributed by atoms with Gasteiger partial charge in [0, 0.05) is 13.6 Å². The molecule has 2 heterocycles. The summed E-state index contributed by atoms with van der Waals surface area (Å²) in [7, 11) is 1.69. The molecule has 8 heteroatoms. The minimum Gasteiger partial charge on any atom is -0.341 e. The molecule has 20 heavy (non-hydrogen) atoms. The van der Waals surface area contributed by atoms with Gasteiger partial charge >= 0.3 is 0 Å². The Morgan fingerprint density at radius 3 is 2.80 bits per heavy atom. The number of aromatic nitrogens is 5. The number of carbonyl (C=O) groups excluding carboxylic acids is 1. The van der Waals surface area contributed by atoms with Gasteiger partial charge in [0.2, 0.25) is 0 Å². The summed E-state index contributed by atoms with van der Waals surface area (Å²) in [5.74, 6) is 0.423. The number of hydrogen-bond acceptors (Lipinski definition) is 4. The Balaban J connectivity index is 2.19. The lowest BCUT2D eigenvalue weighted by atomic mass is 10.2. The lowest BCUT2D eigenvalue weighted by Gasteiger charge is -2.14. The van der Waals surface area contributed by atoms with E-state index in [1.165, 1.54) is 11.0 Å². The van der Waals surface area contributed by atoms with Gasteiger partial charge in [0.25, 0.3) is 5.91 Å². The molecular formula is C12H17ClN6O. The van der Waals surface area contributed by atoms with Gasteiger partial charge in [-0.2, -0.15) is 10.2 Å². The van der Waals surface area contributed by atoms with Gasteiger partial charge in [-0.05, 0) is 20.8 Å². The van der Waals surface area contributed by atoms with E-state index in [9.17, 15) is 4.79 Å². The van der Waals surface area contributed by atoms with E-state index in [0.29, 0.717) is 28.8 Å². The van der Waals surface area contributed by atoms with Crippen molar-refractivity contribution in [3.05, 3.63) is 28.6 Å². The van der Waals surface area contributed by atoms with Crippen molar-refractivity contribution >= 4 is 17.5 Å². The second-order valence-corrected chi connectivity index (χ2v) is 4.88. The first-order chi connectivity index (χ1) is 9.45. The van der Waals surface area contributed by atoms with Crippen LogP contribution in [0.3, 0.4) is 0 Å². The number of nitrogens with zero attached hydrogens (tertiary/aromatic N) is 5. The van der Waals surface area contributed by atoms with Gasteiger partial charge in [-0.15, -0.1) is 0 Å². The molecule has 0 aliphatic rings. The molecule has 2 rings (SSSR count). The highest BCUT2D eigenvalue weighted by Crippen LogP contribution is 2.20. The van der Waals surface area contributed by atoms with E-state index < -0.39 is 0 Å². The molecule has 2 aromatic rings. The minimum atomic E-state index is -0.281. The van der Waals surface area contributed by atoms with Crippen molar-refractivity contribution in [1.29, 1.82) is 0 Å². The van der Waals surface area contributed by atoms with Crippen molar-refractivity contribution in [3.63, 3.8) is 0 Å². The number of amides is 1. The third-order valence-electron chi connectivity index (χ3n) is 3.04. The highest BCUT2D eigenvalue weighted by atomic mass is 35.5. The lowest BCUT2D eigenvalue weighted by molar-refractivity contribution is 0.0928. The van der Waals surface area contributed by atoms with Crippen LogP contribution >= 0.6 is 11.6 Å². The van der Waals surface area contributed by atoms with Crippen molar-refractivity contribution in [2.24, 2.45) is 7.05 Å². The molecule has 0 radical (unpaired) electrons. The first-order valence-electron chi connectivity index (χ1n) is 6.33. The maximum absolute atomic E-state index is 12.3. The highest BCUT2D eigenvalue weighted by molar-refractivity contribution is 6.34. The summed E-state index contributed by atoms with van der Waals surface area (Å²) < 4.78 is 3.21. The van der Waals surface area contributed by atoms with Crippen LogP contribution in [-0.4, -0.2) is 30.5 Å². The normalized spacial score (nSPS) is 12.4. The van der Waals surface area contributed by atoms with E-state index >= 15 is 0 Å². The summed E-state index contributed by atoms with van der Waals surface area (Å²) in [6.45, 7) is 6.27. The lowest BCUT2D eigenvalue weighted by Crippen LogP contribution is -2.30. The summed E-state index contributed by atoms with van der Waals surface area (Å²) in [5.41, 5.74) is 0.974. The van der Waals surface area contributed by atoms with E-state index in [-0.39, 0.29) is 11.9 Å². The summed E-state index contributed by atoms with van der Waals surface area (Å²) in [6, 6.07) is -0.267. The number of aryl methyl sites for hydroxylation is 3. The molecule has 1 atom stereocenters. The van der Waals surface area contributed by atoms with Gasteiger partial charge in [0.05, 0.1) is 16.8 Å². The predicted octanol–water partition coefficient (Wildman–Crippen LogP) is 1.48. The Morgan fingerprint density at radius 2 is 2.25 bits per heavy atom. The Kier molecular flexibility index (Phi) is 4.08. The van der Waals surface area contributed by atoms with E-state index in [1.54, 1.807) is 18.7 Å². The second-order valence-electron chi connectivity index (χ2n) is 4.50. The number of halogens is 1. The molecular weight excluding hydrogens is 280 g/mol. The van der Waals surface area contributed by atoms with Crippen molar-refractivity contribution in [2.45, 2.75) is 33.4 Å². The smallest absolute Gasteiger partial charge is 0.271 e. The third kappa shape index (κ3) is 2.53. The number of carbonyl (C=O) groups is 1. The predicted molar refractivity (Wildman–Crippen MR) is 74.5 cm³/mol. The molecule has 0 bridgehead atoms. The van der Waals surface area contributed by atoms with Crippen LogP contribution in [0.2, 0.25) is 5.02 Å². The largest absolute Gasteiger partial charge is 0.341 e. The van der Waals surface area contributed by atoms with E-state index in [1.807, 2.05) is 13.8 Å². The topological polar surface area (TPSA) is 77.6 Å². The van der Waals surface area contributed by atoms with Crippen LogP contribution in [0.15, 0.2) is 6.33 Å². The van der Waals surface area contributed by atoms with Crippen molar-refractivity contribution < 1.29 is 4.79 Å². The SMILES string of the molecule is CCn1ncnc1[C@@H](C)NC(=O)c1c(Cl)c(C)nn1C. The highest BCUT2D eigenvalue weighted by Gasteiger charge is 2.22. The molecule has 0 fully saturated rings. The van der Waals surface area contributed by atoms with Crippen molar-refractivity contribution in [3.8, 4) is 0 Å². The third-order valence-corrected chi connectivity index (χ3v) is 3.50. The van der Waals surface area contributed by atoms with Gasteiger partial charge in [0.15, 0.2) is 0 Å². The summed E-state index contributed by atoms with van der Waals surface area (Å²) in [5, 5.41) is 11.4. The second kappa shape index (κ2) is 5.62. The molecule has 0 aliphatic heterocycles. The van der Waals surface area contributed by atoms with Crippen LogP contribution in [-0.2, 0) is 13.6 Å². The first kappa shape index (κ1) is 14.5. The van der Waals surface area contributed by atoms with Crippen molar-refractivity contribution in [2.75, 3.05) is 0 Å². The van der Waals surface area contributed by atoms with Gasteiger partial charge in [-0.3, -0.25) is 9.48 Å². The van der Waals surface area contributed by atoms with Crippen LogP contribution in [0.1, 0.15) is 41.9 Å². The molecule has 0 spiro atoms. The molecule has 7 nitrogen and oxygen atoms in total. The standard InChI is InChI=1S/C12H17ClN6O/c1-5-19-11(14-6-15-19)8(3)16-12(20)10-9(13)7(2)17-18(10)4/h6,8H,5H2,1-4H3,(H,16,20)/t8-/m1/s1. The fourth-order valence-corrected chi connectivity index (χ4v) is 2.31. The van der Waals surface area contributed by atoms with Gasteiger partial charge in [0.1, 0.15) is 17.8 Å². The Morgan fingerprint density at radius 1 is 1.55 bits per heavy atom. The quantitative estimate of drug-likeness (QED) is 0.927. The molecule has 2 aromatic heterocycles. The zero-order chi connectivity index (χ0) is 14.9. The summed E-state index contributed by atoms with van der Waals surface area (Å²) >= 11 is 6.10. The zero-order valence-electron chi connectivity index (χ0n) is 11.9. The molecule has 0 aromatic carbocycles. The maximum Gasteiger partial charge on any atom is 0.271 e. The Labute approximate surface area is 121 Å². The Hall–Kier alpha value is -1.89. The minimum absolute atomic E-state index is 0.267. The Bertz CT molecular complexity index is 632. The van der Waals surface area contributed by atoms with Crippen LogP contribution in [0, 0.1) is 6.92 Å². The molecule has 108 valence electrons. The van der Waals surface area contributed by atoms with Crippen LogP contribution in [0.4, 0.5) is 0 Å². The summed E-state index contributed by atoms with van der Waals surface area (Å²) in [6.07, 6.45) is 1.47. The number of hydrogen-bond donors (Lipinski definition) is 1. The molecule has 1 amide bonds. The van der Waals surface area contributed by atoms with Crippen LogP contribution in [0.5, 0.6) is 0 Å². The molecule has 0 saturated carbocycles. The fraction of sp³-hybridized carbons (Fsp3) is 0.500. The van der Waals surface area contributed by atoms with E-state index in [0.717, 1.165) is 0 Å². The molecule has 0 saturated heterocycles. The average molecular weight is 297 g/mol. The fourth-order valence-electron chi connectivity index (χ4n) is 2.06. The first-order valence-corrected chi connectivity index (χ1v) is 6.71. The number of nitrogens with one attached hydrogen (secondary N) is 1. The molecule has 0 aliphatic carbocycles.